The number of halogens is 3. The monoisotopic (exact) mass is 188 g/mol. The Labute approximate surface area is 74.6 Å². The minimum Gasteiger partial charge on any atom is -0.331 e. The summed E-state index contributed by atoms with van der Waals surface area (Å²) in [4.78, 5) is 0. The second-order valence-corrected chi connectivity index (χ2v) is 2.58. The summed E-state index contributed by atoms with van der Waals surface area (Å²) in [6, 6.07) is 5.44. The van der Waals surface area contributed by atoms with Crippen molar-refractivity contribution in [3.05, 3.63) is 42.4 Å². The molecular weight excluding hydrogens is 179 g/mol. The van der Waals surface area contributed by atoms with Crippen LogP contribution in [-0.2, 0) is 12.7 Å². The van der Waals surface area contributed by atoms with E-state index in [0.717, 1.165) is 6.07 Å². The lowest BCUT2D eigenvalue weighted by Crippen LogP contribution is -2.75. The second-order valence-electron chi connectivity index (χ2n) is 2.58. The molecule has 0 unspecified atom stereocenters. The maximum absolute atomic E-state index is 12.3. The van der Waals surface area contributed by atoms with Crippen molar-refractivity contribution in [2.75, 3.05) is 0 Å². The molecule has 0 aromatic heterocycles. The minimum atomic E-state index is -4.28. The number of hydrogen-bond donors (Lipinski definition) is 1. The molecule has 0 amide bonds. The van der Waals surface area contributed by atoms with E-state index in [0.29, 0.717) is 0 Å². The molecule has 1 rings (SSSR count). The average Bonchev–Trinajstić information content (AvgIpc) is 2.04. The van der Waals surface area contributed by atoms with Crippen molar-refractivity contribution < 1.29 is 18.5 Å². The van der Waals surface area contributed by atoms with E-state index in [1.165, 1.54) is 12.1 Å². The SMILES string of the molecule is [CH2-][NH+]Cc1ccccc1C(F)(F)F. The molecule has 0 aliphatic carbocycles. The van der Waals surface area contributed by atoms with E-state index in [9.17, 15) is 13.2 Å². The van der Waals surface area contributed by atoms with Crippen LogP contribution >= 0.6 is 0 Å². The van der Waals surface area contributed by atoms with Crippen LogP contribution < -0.4 is 5.32 Å². The van der Waals surface area contributed by atoms with Gasteiger partial charge in [0.05, 0.1) is 5.56 Å². The smallest absolute Gasteiger partial charge is 0.331 e. The predicted octanol–water partition coefficient (Wildman–Crippen LogP) is 1.35. The normalized spacial score (nSPS) is 11.7. The lowest BCUT2D eigenvalue weighted by Gasteiger charge is -2.10. The van der Waals surface area contributed by atoms with Crippen molar-refractivity contribution in [2.45, 2.75) is 12.7 Å². The van der Waals surface area contributed by atoms with Gasteiger partial charge in [-0.15, -0.1) is 7.05 Å². The molecule has 0 fully saturated rings. The first-order chi connectivity index (χ1) is 6.05. The summed E-state index contributed by atoms with van der Waals surface area (Å²) >= 11 is 0. The summed E-state index contributed by atoms with van der Waals surface area (Å²) in [5.41, 5.74) is -0.392. The van der Waals surface area contributed by atoms with Crippen LogP contribution in [0.15, 0.2) is 24.3 Å². The molecule has 1 aromatic rings. The highest BCUT2D eigenvalue weighted by molar-refractivity contribution is 5.28. The first-order valence-electron chi connectivity index (χ1n) is 3.70. The van der Waals surface area contributed by atoms with Gasteiger partial charge >= 0.3 is 6.18 Å². The van der Waals surface area contributed by atoms with Crippen LogP contribution in [0.25, 0.3) is 0 Å². The Kier molecular flexibility index (Phi) is 2.93. The van der Waals surface area contributed by atoms with Gasteiger partial charge in [0.15, 0.2) is 0 Å². The van der Waals surface area contributed by atoms with Gasteiger partial charge in [-0.2, -0.15) is 13.2 Å². The summed E-state index contributed by atoms with van der Waals surface area (Å²) in [5.74, 6) is 0. The number of rotatable bonds is 2. The van der Waals surface area contributed by atoms with Gasteiger partial charge in [0.1, 0.15) is 6.54 Å². The molecule has 1 N–H and O–H groups in total. The minimum absolute atomic E-state index is 0.121. The molecule has 0 saturated heterocycles. The molecule has 13 heavy (non-hydrogen) atoms. The van der Waals surface area contributed by atoms with Gasteiger partial charge < -0.3 is 5.32 Å². The summed E-state index contributed by atoms with van der Waals surface area (Å²) in [6.45, 7) is 0.121. The molecule has 1 nitrogen and oxygen atoms in total. The van der Waals surface area contributed by atoms with Gasteiger partial charge in [-0.1, -0.05) is 18.2 Å². The van der Waals surface area contributed by atoms with E-state index >= 15 is 0 Å². The van der Waals surface area contributed by atoms with E-state index in [2.05, 4.69) is 12.4 Å². The van der Waals surface area contributed by atoms with Crippen LogP contribution in [0.3, 0.4) is 0 Å². The fourth-order valence-corrected chi connectivity index (χ4v) is 1.09. The van der Waals surface area contributed by atoms with Crippen LogP contribution in [0, 0.1) is 7.05 Å². The third-order valence-corrected chi connectivity index (χ3v) is 1.64. The summed E-state index contributed by atoms with van der Waals surface area (Å²) in [6.07, 6.45) is -4.28. The highest BCUT2D eigenvalue weighted by Crippen LogP contribution is 2.31. The quantitative estimate of drug-likeness (QED) is 0.674. The Hall–Kier alpha value is -1.03. The zero-order valence-corrected chi connectivity index (χ0v) is 6.86. The molecule has 4 heteroatoms. The standard InChI is InChI=1S/C9H9F3N/c1-13-6-7-4-2-3-5-8(7)9(10,11)12/h2-5,13H,1,6H2. The van der Waals surface area contributed by atoms with Gasteiger partial charge in [0.25, 0.3) is 0 Å². The first-order valence-corrected chi connectivity index (χ1v) is 3.70. The number of hydrogen-bond acceptors (Lipinski definition) is 1. The van der Waals surface area contributed by atoms with Gasteiger partial charge in [0, 0.05) is 5.56 Å². The first kappa shape index (κ1) is 10.1. The third kappa shape index (κ3) is 2.45. The Bertz CT molecular complexity index is 280. The van der Waals surface area contributed by atoms with Crippen molar-refractivity contribution in [3.63, 3.8) is 0 Å². The number of benzene rings is 1. The molecule has 0 heterocycles. The van der Waals surface area contributed by atoms with Crippen molar-refractivity contribution in [1.29, 1.82) is 0 Å². The van der Waals surface area contributed by atoms with Gasteiger partial charge in [-0.05, 0) is 6.07 Å². The zero-order chi connectivity index (χ0) is 9.90. The number of alkyl halides is 3. The Morgan fingerprint density at radius 2 is 1.85 bits per heavy atom. The Balaban J connectivity index is 3.05. The van der Waals surface area contributed by atoms with Crippen molar-refractivity contribution in [2.24, 2.45) is 0 Å². The third-order valence-electron chi connectivity index (χ3n) is 1.64. The summed E-state index contributed by atoms with van der Waals surface area (Å²) in [5, 5.41) is 2.45. The van der Waals surface area contributed by atoms with E-state index in [4.69, 9.17) is 0 Å². The maximum Gasteiger partial charge on any atom is 0.416 e. The van der Waals surface area contributed by atoms with Crippen LogP contribution in [0.1, 0.15) is 11.1 Å². The van der Waals surface area contributed by atoms with Crippen molar-refractivity contribution in [1.82, 2.24) is 0 Å². The van der Waals surface area contributed by atoms with Crippen LogP contribution in [0.2, 0.25) is 0 Å². The molecule has 0 saturated carbocycles. The molecule has 0 bridgehead atoms. The zero-order valence-electron chi connectivity index (χ0n) is 6.86. The summed E-state index contributed by atoms with van der Waals surface area (Å²) in [7, 11) is 3.29. The average molecular weight is 188 g/mol. The van der Waals surface area contributed by atoms with E-state index < -0.39 is 11.7 Å². The summed E-state index contributed by atoms with van der Waals surface area (Å²) < 4.78 is 37.0. The lowest BCUT2D eigenvalue weighted by molar-refractivity contribution is -0.612. The van der Waals surface area contributed by atoms with Gasteiger partial charge in [0.2, 0.25) is 0 Å². The number of nitrogens with one attached hydrogen (secondary N) is 1. The second kappa shape index (κ2) is 3.79. The lowest BCUT2D eigenvalue weighted by atomic mass is 10.1. The molecule has 0 atom stereocenters. The Morgan fingerprint density at radius 3 is 2.38 bits per heavy atom. The fourth-order valence-electron chi connectivity index (χ4n) is 1.09. The molecule has 1 aromatic carbocycles. The van der Waals surface area contributed by atoms with Crippen molar-refractivity contribution in [3.8, 4) is 0 Å². The molecule has 1 radical (unpaired) electrons. The largest absolute Gasteiger partial charge is 0.416 e. The van der Waals surface area contributed by atoms with Crippen LogP contribution in [0.5, 0.6) is 0 Å². The highest BCUT2D eigenvalue weighted by atomic mass is 19.4. The molecule has 0 aliphatic heterocycles. The van der Waals surface area contributed by atoms with Crippen molar-refractivity contribution >= 4 is 0 Å². The Morgan fingerprint density at radius 1 is 1.23 bits per heavy atom. The van der Waals surface area contributed by atoms with Gasteiger partial charge in [-0.25, -0.2) is 0 Å². The topological polar surface area (TPSA) is 15.6 Å². The van der Waals surface area contributed by atoms with E-state index in [1.54, 1.807) is 6.07 Å². The van der Waals surface area contributed by atoms with Gasteiger partial charge in [-0.3, -0.25) is 0 Å². The van der Waals surface area contributed by atoms with Crippen LogP contribution in [0.4, 0.5) is 13.2 Å². The molecule has 71 valence electrons. The highest BCUT2D eigenvalue weighted by Gasteiger charge is 2.33. The molecular formula is C9H9F3N. The van der Waals surface area contributed by atoms with E-state index in [-0.39, 0.29) is 12.1 Å². The fraction of sp³-hybridized carbons (Fsp3) is 0.222. The molecule has 0 spiro atoms. The molecule has 0 aliphatic rings. The van der Waals surface area contributed by atoms with Crippen LogP contribution in [-0.4, -0.2) is 0 Å². The van der Waals surface area contributed by atoms with E-state index in [1.807, 2.05) is 0 Å². The maximum atomic E-state index is 12.3. The predicted molar refractivity (Wildman–Crippen MR) is 41.5 cm³/mol.